The number of ketones is 1. The molecule has 0 atom stereocenters. The zero-order valence-electron chi connectivity index (χ0n) is 14.9. The molecule has 0 radical (unpaired) electrons. The first-order chi connectivity index (χ1) is 12.6. The monoisotopic (exact) mass is 370 g/mol. The molecule has 1 aliphatic heterocycles. The summed E-state index contributed by atoms with van der Waals surface area (Å²) in [5.41, 5.74) is 0.999. The van der Waals surface area contributed by atoms with Crippen molar-refractivity contribution in [1.82, 2.24) is 0 Å². The number of anilines is 1. The lowest BCUT2D eigenvalue weighted by atomic mass is 10.0. The van der Waals surface area contributed by atoms with Crippen LogP contribution in [0.15, 0.2) is 39.8 Å². The lowest BCUT2D eigenvalue weighted by Crippen LogP contribution is -2.20. The second-order valence-corrected chi connectivity index (χ2v) is 7.72. The molecule has 0 N–H and O–H groups in total. The van der Waals surface area contributed by atoms with Crippen LogP contribution in [-0.2, 0) is 14.3 Å². The molecule has 1 fully saturated rings. The van der Waals surface area contributed by atoms with E-state index in [0.29, 0.717) is 17.4 Å². The van der Waals surface area contributed by atoms with Crippen molar-refractivity contribution in [3.05, 3.63) is 34.9 Å². The van der Waals surface area contributed by atoms with E-state index in [9.17, 15) is 14.9 Å². The van der Waals surface area contributed by atoms with Crippen LogP contribution in [0.25, 0.3) is 0 Å². The van der Waals surface area contributed by atoms with E-state index in [0.717, 1.165) is 17.0 Å². The summed E-state index contributed by atoms with van der Waals surface area (Å²) in [6.07, 6.45) is 6.02. The summed E-state index contributed by atoms with van der Waals surface area (Å²) >= 11 is 1.39. The SMILES string of the molecule is CN1/C(=C(\C#N)C(=O)COC(=O)CCC2CCCC2)Sc2ccccc21. The molecule has 2 aliphatic rings. The maximum Gasteiger partial charge on any atom is 0.306 e. The van der Waals surface area contributed by atoms with Gasteiger partial charge < -0.3 is 9.64 Å². The molecule has 0 aromatic heterocycles. The van der Waals surface area contributed by atoms with Gasteiger partial charge in [0.25, 0.3) is 0 Å². The van der Waals surface area contributed by atoms with Gasteiger partial charge in [0.1, 0.15) is 16.7 Å². The Morgan fingerprint density at radius 3 is 2.73 bits per heavy atom. The summed E-state index contributed by atoms with van der Waals surface area (Å²) in [6, 6.07) is 9.71. The average molecular weight is 370 g/mol. The largest absolute Gasteiger partial charge is 0.457 e. The van der Waals surface area contributed by atoms with Crippen molar-refractivity contribution < 1.29 is 14.3 Å². The molecule has 136 valence electrons. The van der Waals surface area contributed by atoms with Crippen molar-refractivity contribution >= 4 is 29.2 Å². The van der Waals surface area contributed by atoms with E-state index in [1.54, 1.807) is 0 Å². The van der Waals surface area contributed by atoms with Gasteiger partial charge in [-0.05, 0) is 24.5 Å². The van der Waals surface area contributed by atoms with Crippen LogP contribution in [0.2, 0.25) is 0 Å². The lowest BCUT2D eigenvalue weighted by molar-refractivity contribution is -0.147. The Bertz CT molecular complexity index is 776. The number of hydrogen-bond acceptors (Lipinski definition) is 6. The highest BCUT2D eigenvalue weighted by molar-refractivity contribution is 8.03. The summed E-state index contributed by atoms with van der Waals surface area (Å²) in [5.74, 6) is -0.204. The van der Waals surface area contributed by atoms with Crippen molar-refractivity contribution in [3.63, 3.8) is 0 Å². The lowest BCUT2D eigenvalue weighted by Gasteiger charge is -2.14. The molecule has 1 heterocycles. The van der Waals surface area contributed by atoms with Crippen LogP contribution in [0.5, 0.6) is 0 Å². The highest BCUT2D eigenvalue weighted by Crippen LogP contribution is 2.46. The van der Waals surface area contributed by atoms with Crippen LogP contribution >= 0.6 is 11.8 Å². The molecule has 0 saturated heterocycles. The van der Waals surface area contributed by atoms with Crippen LogP contribution < -0.4 is 4.90 Å². The molecule has 5 nitrogen and oxygen atoms in total. The summed E-state index contributed by atoms with van der Waals surface area (Å²) in [7, 11) is 1.83. The first-order valence-electron chi connectivity index (χ1n) is 8.94. The van der Waals surface area contributed by atoms with E-state index in [1.807, 2.05) is 42.3 Å². The van der Waals surface area contributed by atoms with Gasteiger partial charge in [-0.3, -0.25) is 9.59 Å². The predicted octanol–water partition coefficient (Wildman–Crippen LogP) is 4.05. The third-order valence-corrected chi connectivity index (χ3v) is 6.17. The third-order valence-electron chi connectivity index (χ3n) is 4.94. The van der Waals surface area contributed by atoms with Gasteiger partial charge >= 0.3 is 5.97 Å². The molecule has 0 bridgehead atoms. The van der Waals surface area contributed by atoms with Gasteiger partial charge in [-0.25, -0.2) is 0 Å². The van der Waals surface area contributed by atoms with Gasteiger partial charge in [0.05, 0.1) is 5.69 Å². The minimum atomic E-state index is -0.455. The van der Waals surface area contributed by atoms with Crippen molar-refractivity contribution in [1.29, 1.82) is 5.26 Å². The molecular formula is C20H22N2O3S. The predicted molar refractivity (Wildman–Crippen MR) is 100 cm³/mol. The number of fused-ring (bicyclic) bond motifs is 1. The maximum atomic E-state index is 12.4. The Hall–Kier alpha value is -2.26. The molecule has 0 unspecified atom stereocenters. The first-order valence-corrected chi connectivity index (χ1v) is 9.75. The van der Waals surface area contributed by atoms with E-state index in [1.165, 1.54) is 37.4 Å². The van der Waals surface area contributed by atoms with Gasteiger partial charge in [-0.1, -0.05) is 49.6 Å². The molecule has 0 amide bonds. The number of ether oxygens (including phenoxy) is 1. The fourth-order valence-corrected chi connectivity index (χ4v) is 4.62. The Morgan fingerprint density at radius 1 is 1.31 bits per heavy atom. The molecule has 0 spiro atoms. The summed E-state index contributed by atoms with van der Waals surface area (Å²) in [5, 5.41) is 10.0. The van der Waals surface area contributed by atoms with Crippen molar-refractivity contribution in [2.24, 2.45) is 5.92 Å². The van der Waals surface area contributed by atoms with E-state index in [-0.39, 0.29) is 18.1 Å². The third kappa shape index (κ3) is 4.10. The molecular weight excluding hydrogens is 348 g/mol. The van der Waals surface area contributed by atoms with Crippen molar-refractivity contribution in [2.45, 2.75) is 43.4 Å². The fourth-order valence-electron chi connectivity index (χ4n) is 3.46. The number of thioether (sulfide) groups is 1. The maximum absolute atomic E-state index is 12.4. The number of nitriles is 1. The topological polar surface area (TPSA) is 70.4 Å². The molecule has 3 rings (SSSR count). The van der Waals surface area contributed by atoms with Crippen LogP contribution in [-0.4, -0.2) is 25.4 Å². The van der Waals surface area contributed by atoms with Crippen molar-refractivity contribution in [2.75, 3.05) is 18.6 Å². The first kappa shape index (κ1) is 18.5. The Balaban J connectivity index is 1.58. The smallest absolute Gasteiger partial charge is 0.306 e. The number of hydrogen-bond donors (Lipinski definition) is 0. The van der Waals surface area contributed by atoms with Crippen LogP contribution in [0, 0.1) is 17.2 Å². The highest BCUT2D eigenvalue weighted by atomic mass is 32.2. The van der Waals surface area contributed by atoms with E-state index < -0.39 is 5.78 Å². The number of Topliss-reactive ketones (excluding diaryl/α,β-unsaturated/α-hetero) is 1. The number of carbonyl (C=O) groups excluding carboxylic acids is 2. The molecule has 1 saturated carbocycles. The van der Waals surface area contributed by atoms with Crippen LogP contribution in [0.3, 0.4) is 0 Å². The molecule has 1 aliphatic carbocycles. The minimum Gasteiger partial charge on any atom is -0.457 e. The standard InChI is InChI=1S/C20H22N2O3S/c1-22-16-8-4-5-9-18(16)26-20(22)15(12-21)17(23)13-25-19(24)11-10-14-6-2-3-7-14/h4-5,8-9,14H,2-3,6-7,10-11,13H2,1H3/b20-15-. The fraction of sp³-hybridized carbons (Fsp3) is 0.450. The average Bonchev–Trinajstić information content (AvgIpc) is 3.28. The number of benzene rings is 1. The molecule has 1 aromatic rings. The van der Waals surface area contributed by atoms with Gasteiger partial charge in [0.15, 0.2) is 6.61 Å². The minimum absolute atomic E-state index is 0.0392. The van der Waals surface area contributed by atoms with E-state index in [4.69, 9.17) is 4.74 Å². The Kier molecular flexibility index (Phi) is 6.00. The Morgan fingerprint density at radius 2 is 2.04 bits per heavy atom. The zero-order valence-corrected chi connectivity index (χ0v) is 15.7. The number of rotatable bonds is 6. The number of para-hydroxylation sites is 1. The number of nitrogens with zero attached hydrogens (tertiary/aromatic N) is 2. The van der Waals surface area contributed by atoms with Gasteiger partial charge in [0, 0.05) is 18.4 Å². The highest BCUT2D eigenvalue weighted by Gasteiger charge is 2.28. The molecule has 26 heavy (non-hydrogen) atoms. The molecule has 6 heteroatoms. The number of esters is 1. The summed E-state index contributed by atoms with van der Waals surface area (Å²) in [4.78, 5) is 27.1. The summed E-state index contributed by atoms with van der Waals surface area (Å²) in [6.45, 7) is -0.374. The van der Waals surface area contributed by atoms with Crippen LogP contribution in [0.4, 0.5) is 5.69 Å². The summed E-state index contributed by atoms with van der Waals surface area (Å²) < 4.78 is 5.12. The zero-order chi connectivity index (χ0) is 18.5. The number of carbonyl (C=O) groups is 2. The van der Waals surface area contributed by atoms with Gasteiger partial charge in [-0.15, -0.1) is 0 Å². The second kappa shape index (κ2) is 8.41. The van der Waals surface area contributed by atoms with Gasteiger partial charge in [-0.2, -0.15) is 5.26 Å². The quantitative estimate of drug-likeness (QED) is 0.427. The van der Waals surface area contributed by atoms with Gasteiger partial charge in [0.2, 0.25) is 5.78 Å². The van der Waals surface area contributed by atoms with Crippen LogP contribution in [0.1, 0.15) is 38.5 Å². The second-order valence-electron chi connectivity index (χ2n) is 6.69. The Labute approximate surface area is 158 Å². The normalized spacial score (nSPS) is 18.4. The van der Waals surface area contributed by atoms with E-state index >= 15 is 0 Å². The van der Waals surface area contributed by atoms with Crippen molar-refractivity contribution in [3.8, 4) is 6.07 Å². The van der Waals surface area contributed by atoms with E-state index in [2.05, 4.69) is 0 Å². The molecule has 1 aromatic carbocycles.